The van der Waals surface area contributed by atoms with Crippen molar-refractivity contribution in [3.8, 4) is 11.5 Å². The van der Waals surface area contributed by atoms with Crippen molar-refractivity contribution in [3.05, 3.63) is 53.9 Å². The van der Waals surface area contributed by atoms with Gasteiger partial charge >= 0.3 is 0 Å². The third kappa shape index (κ3) is 4.34. The van der Waals surface area contributed by atoms with Crippen molar-refractivity contribution in [2.75, 3.05) is 26.3 Å². The molecule has 0 aliphatic carbocycles. The van der Waals surface area contributed by atoms with Gasteiger partial charge in [0.2, 0.25) is 5.91 Å². The molecule has 2 aromatic rings. The van der Waals surface area contributed by atoms with Crippen LogP contribution in [0.3, 0.4) is 0 Å². The fourth-order valence-corrected chi connectivity index (χ4v) is 4.04. The highest BCUT2D eigenvalue weighted by atomic mass is 16.6. The zero-order valence-corrected chi connectivity index (χ0v) is 16.5. The van der Waals surface area contributed by atoms with E-state index in [2.05, 4.69) is 10.3 Å². The molecule has 1 aromatic heterocycles. The summed E-state index contributed by atoms with van der Waals surface area (Å²) in [6.45, 7) is 3.77. The molecular weight excluding hydrogens is 370 g/mol. The maximum absolute atomic E-state index is 13.1. The number of nitrogens with zero attached hydrogens (tertiary/aromatic N) is 2. The van der Waals surface area contributed by atoms with Gasteiger partial charge in [0.15, 0.2) is 11.5 Å². The average Bonchev–Trinajstić information content (AvgIpc) is 2.77. The van der Waals surface area contributed by atoms with Gasteiger partial charge in [-0.05, 0) is 43.2 Å². The molecule has 0 spiro atoms. The smallest absolute Gasteiger partial charge is 0.254 e. The van der Waals surface area contributed by atoms with Gasteiger partial charge in [-0.1, -0.05) is 6.07 Å². The molecule has 2 amide bonds. The Balaban J connectivity index is 1.52. The van der Waals surface area contributed by atoms with E-state index in [9.17, 15) is 9.59 Å². The lowest BCUT2D eigenvalue weighted by Crippen LogP contribution is -2.45. The van der Waals surface area contributed by atoms with Crippen molar-refractivity contribution in [2.24, 2.45) is 5.92 Å². The van der Waals surface area contributed by atoms with E-state index in [1.807, 2.05) is 23.1 Å². The number of aromatic nitrogens is 1. The number of carbonyl (C=O) groups is 2. The first-order valence-electron chi connectivity index (χ1n) is 9.99. The van der Waals surface area contributed by atoms with Crippen LogP contribution in [-0.2, 0) is 4.79 Å². The summed E-state index contributed by atoms with van der Waals surface area (Å²) in [5, 5.41) is 3.03. The zero-order valence-electron chi connectivity index (χ0n) is 16.5. The second-order valence-corrected chi connectivity index (χ2v) is 7.44. The number of piperidine rings is 1. The number of ether oxygens (including phenoxy) is 2. The number of nitrogens with one attached hydrogen (secondary N) is 1. The van der Waals surface area contributed by atoms with Crippen LogP contribution in [0.2, 0.25) is 0 Å². The second kappa shape index (κ2) is 8.51. The molecule has 0 unspecified atom stereocenters. The van der Waals surface area contributed by atoms with Gasteiger partial charge < -0.3 is 19.7 Å². The Morgan fingerprint density at radius 1 is 1.17 bits per heavy atom. The molecule has 2 atom stereocenters. The topological polar surface area (TPSA) is 80.8 Å². The second-order valence-electron chi connectivity index (χ2n) is 7.44. The van der Waals surface area contributed by atoms with Crippen molar-refractivity contribution in [2.45, 2.75) is 25.8 Å². The molecule has 2 aliphatic rings. The van der Waals surface area contributed by atoms with Gasteiger partial charge in [-0.15, -0.1) is 0 Å². The fraction of sp³-hybridized carbons (Fsp3) is 0.409. The van der Waals surface area contributed by atoms with Crippen molar-refractivity contribution in [1.29, 1.82) is 0 Å². The minimum absolute atomic E-state index is 0.0331. The standard InChI is InChI=1S/C22H25N3O4/c1-15(26)24-21(18-6-2-3-9-23-18)17-5-4-10-25(14-17)22(27)16-7-8-19-20(13-16)29-12-11-28-19/h2-3,6-9,13,17,21H,4-5,10-12,14H2,1H3,(H,24,26)/t17-,21-/m1/s1. The molecule has 1 N–H and O–H groups in total. The maximum Gasteiger partial charge on any atom is 0.254 e. The number of benzene rings is 1. The molecule has 1 saturated heterocycles. The highest BCUT2D eigenvalue weighted by molar-refractivity contribution is 5.95. The summed E-state index contributed by atoms with van der Waals surface area (Å²) in [6.07, 6.45) is 3.53. The van der Waals surface area contributed by atoms with Crippen LogP contribution in [-0.4, -0.2) is 48.0 Å². The molecule has 4 rings (SSSR count). The molecule has 29 heavy (non-hydrogen) atoms. The third-order valence-corrected chi connectivity index (χ3v) is 5.37. The molecule has 0 radical (unpaired) electrons. The summed E-state index contributed by atoms with van der Waals surface area (Å²) >= 11 is 0. The van der Waals surface area contributed by atoms with Crippen LogP contribution in [0.25, 0.3) is 0 Å². The van der Waals surface area contributed by atoms with Crippen LogP contribution < -0.4 is 14.8 Å². The van der Waals surface area contributed by atoms with Crippen LogP contribution in [0.15, 0.2) is 42.6 Å². The predicted octanol–water partition coefficient (Wildman–Crippen LogP) is 2.58. The van der Waals surface area contributed by atoms with E-state index in [0.29, 0.717) is 43.4 Å². The Bertz CT molecular complexity index is 887. The number of hydrogen-bond acceptors (Lipinski definition) is 5. The van der Waals surface area contributed by atoms with Crippen molar-refractivity contribution < 1.29 is 19.1 Å². The Kier molecular flexibility index (Phi) is 5.64. The van der Waals surface area contributed by atoms with Crippen LogP contribution >= 0.6 is 0 Å². The minimum Gasteiger partial charge on any atom is -0.486 e. The highest BCUT2D eigenvalue weighted by Gasteiger charge is 2.32. The van der Waals surface area contributed by atoms with Crippen molar-refractivity contribution in [1.82, 2.24) is 15.2 Å². The number of likely N-dealkylation sites (tertiary alicyclic amines) is 1. The lowest BCUT2D eigenvalue weighted by Gasteiger charge is -2.37. The van der Waals surface area contributed by atoms with E-state index in [1.54, 1.807) is 24.4 Å². The van der Waals surface area contributed by atoms with Gasteiger partial charge in [0, 0.05) is 37.7 Å². The van der Waals surface area contributed by atoms with Crippen LogP contribution in [0.4, 0.5) is 0 Å². The molecule has 7 nitrogen and oxygen atoms in total. The normalized spacial score (nSPS) is 19.3. The molecular formula is C22H25N3O4. The summed E-state index contributed by atoms with van der Waals surface area (Å²) < 4.78 is 11.2. The van der Waals surface area contributed by atoms with E-state index >= 15 is 0 Å². The van der Waals surface area contributed by atoms with Gasteiger partial charge in [-0.2, -0.15) is 0 Å². The Morgan fingerprint density at radius 2 is 2.00 bits per heavy atom. The largest absolute Gasteiger partial charge is 0.486 e. The highest BCUT2D eigenvalue weighted by Crippen LogP contribution is 2.33. The van der Waals surface area contributed by atoms with Crippen molar-refractivity contribution >= 4 is 11.8 Å². The van der Waals surface area contributed by atoms with Crippen LogP contribution in [0.5, 0.6) is 11.5 Å². The Hall–Kier alpha value is -3.09. The van der Waals surface area contributed by atoms with Crippen LogP contribution in [0, 0.1) is 5.92 Å². The molecule has 152 valence electrons. The van der Waals surface area contributed by atoms with Crippen LogP contribution in [0.1, 0.15) is 41.9 Å². The predicted molar refractivity (Wildman–Crippen MR) is 107 cm³/mol. The Morgan fingerprint density at radius 3 is 2.76 bits per heavy atom. The molecule has 0 saturated carbocycles. The number of carbonyl (C=O) groups excluding carboxylic acids is 2. The first-order valence-corrected chi connectivity index (χ1v) is 9.99. The van der Waals surface area contributed by atoms with E-state index < -0.39 is 0 Å². The van der Waals surface area contributed by atoms with Gasteiger partial charge in [0.05, 0.1) is 11.7 Å². The molecule has 3 heterocycles. The summed E-state index contributed by atoms with van der Waals surface area (Å²) in [5.74, 6) is 1.25. The summed E-state index contributed by atoms with van der Waals surface area (Å²) in [5.41, 5.74) is 1.41. The van der Waals surface area contributed by atoms with Gasteiger partial charge in [-0.25, -0.2) is 0 Å². The average molecular weight is 395 g/mol. The number of pyridine rings is 1. The lowest BCUT2D eigenvalue weighted by molar-refractivity contribution is -0.120. The monoisotopic (exact) mass is 395 g/mol. The molecule has 0 bridgehead atoms. The number of amides is 2. The summed E-state index contributed by atoms with van der Waals surface area (Å²) in [4.78, 5) is 31.2. The number of hydrogen-bond donors (Lipinski definition) is 1. The van der Waals surface area contributed by atoms with E-state index in [1.165, 1.54) is 6.92 Å². The lowest BCUT2D eigenvalue weighted by atomic mass is 9.88. The first kappa shape index (κ1) is 19.2. The maximum atomic E-state index is 13.1. The van der Waals surface area contributed by atoms with Gasteiger partial charge in [-0.3, -0.25) is 14.6 Å². The van der Waals surface area contributed by atoms with Gasteiger partial charge in [0.1, 0.15) is 13.2 Å². The molecule has 1 fully saturated rings. The quantitative estimate of drug-likeness (QED) is 0.861. The van der Waals surface area contributed by atoms with Crippen molar-refractivity contribution in [3.63, 3.8) is 0 Å². The van der Waals surface area contributed by atoms with E-state index in [-0.39, 0.29) is 23.8 Å². The third-order valence-electron chi connectivity index (χ3n) is 5.37. The first-order chi connectivity index (χ1) is 14.1. The summed E-state index contributed by atoms with van der Waals surface area (Å²) in [7, 11) is 0. The molecule has 1 aromatic carbocycles. The van der Waals surface area contributed by atoms with Gasteiger partial charge in [0.25, 0.3) is 5.91 Å². The minimum atomic E-state index is -0.218. The SMILES string of the molecule is CC(=O)N[C@@H](c1ccccn1)[C@@H]1CCCN(C(=O)c2ccc3c(c2)OCCO3)C1. The Labute approximate surface area is 170 Å². The number of rotatable bonds is 4. The number of fused-ring (bicyclic) bond motifs is 1. The zero-order chi connectivity index (χ0) is 20.2. The molecule has 7 heteroatoms. The van der Waals surface area contributed by atoms with E-state index in [0.717, 1.165) is 18.5 Å². The summed E-state index contributed by atoms with van der Waals surface area (Å²) in [6, 6.07) is 10.8. The van der Waals surface area contributed by atoms with E-state index in [4.69, 9.17) is 9.47 Å². The molecule has 2 aliphatic heterocycles. The fourth-order valence-electron chi connectivity index (χ4n) is 4.04.